The van der Waals surface area contributed by atoms with E-state index in [2.05, 4.69) is 24.5 Å². The number of benzene rings is 1. The van der Waals surface area contributed by atoms with Gasteiger partial charge in [-0.05, 0) is 68.3 Å². The summed E-state index contributed by atoms with van der Waals surface area (Å²) >= 11 is 7.08. The third-order valence-corrected chi connectivity index (χ3v) is 7.25. The van der Waals surface area contributed by atoms with Crippen LogP contribution in [0.5, 0.6) is 5.75 Å². The van der Waals surface area contributed by atoms with Crippen molar-refractivity contribution in [3.63, 3.8) is 0 Å². The molecule has 164 valence electrons. The lowest BCUT2D eigenvalue weighted by Gasteiger charge is -2.26. The van der Waals surface area contributed by atoms with E-state index in [0.717, 1.165) is 17.3 Å². The van der Waals surface area contributed by atoms with Crippen LogP contribution in [0.3, 0.4) is 0 Å². The van der Waals surface area contributed by atoms with Crippen LogP contribution in [0.1, 0.15) is 55.1 Å². The average molecular weight is 459 g/mol. The summed E-state index contributed by atoms with van der Waals surface area (Å²) in [5.41, 5.74) is 3.39. The molecule has 1 saturated carbocycles. The molecule has 1 aromatic carbocycles. The zero-order valence-corrected chi connectivity index (χ0v) is 19.5. The topological polar surface area (TPSA) is 51.5 Å². The highest BCUT2D eigenvalue weighted by Crippen LogP contribution is 2.36. The maximum atomic E-state index is 12.9. The number of amides is 2. The molecule has 2 heterocycles. The lowest BCUT2D eigenvalue weighted by molar-refractivity contribution is -0.123. The smallest absolute Gasteiger partial charge is 0.293 e. The van der Waals surface area contributed by atoms with Crippen molar-refractivity contribution in [3.8, 4) is 5.75 Å². The van der Waals surface area contributed by atoms with E-state index in [1.54, 1.807) is 12.1 Å². The summed E-state index contributed by atoms with van der Waals surface area (Å²) in [5.74, 6) is 0.280. The number of hydrogen-bond donors (Lipinski definition) is 0. The minimum Gasteiger partial charge on any atom is -0.490 e. The number of carbonyl (C=O) groups excluding carboxylic acids is 2. The van der Waals surface area contributed by atoms with Crippen molar-refractivity contribution in [2.75, 3.05) is 13.2 Å². The monoisotopic (exact) mass is 458 g/mol. The molecule has 31 heavy (non-hydrogen) atoms. The van der Waals surface area contributed by atoms with Crippen molar-refractivity contribution in [3.05, 3.63) is 57.2 Å². The summed E-state index contributed by atoms with van der Waals surface area (Å²) in [4.78, 5) is 27.0. The Morgan fingerprint density at radius 1 is 1.16 bits per heavy atom. The van der Waals surface area contributed by atoms with Gasteiger partial charge in [-0.25, -0.2) is 0 Å². The molecule has 2 aromatic rings. The third kappa shape index (κ3) is 4.70. The van der Waals surface area contributed by atoms with Crippen molar-refractivity contribution in [1.29, 1.82) is 0 Å². The van der Waals surface area contributed by atoms with Crippen LogP contribution in [0.25, 0.3) is 6.08 Å². The molecule has 2 aliphatic rings. The molecule has 0 atom stereocenters. The Hall–Kier alpha value is -2.18. The highest BCUT2D eigenvalue weighted by atomic mass is 35.5. The molecular formula is C24H27ClN2O3S. The van der Waals surface area contributed by atoms with Gasteiger partial charge in [0.15, 0.2) is 0 Å². The molecule has 2 fully saturated rings. The summed E-state index contributed by atoms with van der Waals surface area (Å²) in [7, 11) is 0. The number of imide groups is 1. The first-order chi connectivity index (χ1) is 15.0. The zero-order valence-electron chi connectivity index (χ0n) is 17.9. The number of ether oxygens (including phenoxy) is 1. The second-order valence-corrected chi connectivity index (χ2v) is 9.50. The Balaban J connectivity index is 1.45. The van der Waals surface area contributed by atoms with Gasteiger partial charge in [0.05, 0.1) is 16.5 Å². The minimum absolute atomic E-state index is 0.189. The fourth-order valence-electron chi connectivity index (χ4n) is 4.49. The Bertz CT molecular complexity index is 1020. The first-order valence-corrected chi connectivity index (χ1v) is 12.0. The van der Waals surface area contributed by atoms with E-state index in [-0.39, 0.29) is 24.3 Å². The summed E-state index contributed by atoms with van der Waals surface area (Å²) in [6.45, 7) is 4.62. The van der Waals surface area contributed by atoms with E-state index in [1.807, 2.05) is 18.2 Å². The Kier molecular flexibility index (Phi) is 6.77. The summed E-state index contributed by atoms with van der Waals surface area (Å²) in [6, 6.07) is 9.81. The van der Waals surface area contributed by atoms with Gasteiger partial charge in [0.1, 0.15) is 12.4 Å². The molecule has 5 nitrogen and oxygen atoms in total. The number of aromatic nitrogens is 1. The van der Waals surface area contributed by atoms with E-state index in [1.165, 1.54) is 48.4 Å². The number of carbonyl (C=O) groups is 2. The standard InChI is InChI=1S/C24H27ClN2O3S/c1-16-14-18(17(2)27(16)19-8-4-3-5-9-19)15-22-23(28)26(24(29)31-22)12-13-30-21-11-7-6-10-20(21)25/h6-7,10-11,14-15,19H,3-5,8-9,12-13H2,1-2H3/b22-15-. The van der Waals surface area contributed by atoms with Crippen molar-refractivity contribution in [2.24, 2.45) is 0 Å². The van der Waals surface area contributed by atoms with Crippen LogP contribution in [0, 0.1) is 13.8 Å². The maximum absolute atomic E-state index is 12.9. The molecule has 0 N–H and O–H groups in total. The molecule has 1 aliphatic heterocycles. The fourth-order valence-corrected chi connectivity index (χ4v) is 5.54. The highest BCUT2D eigenvalue weighted by molar-refractivity contribution is 8.18. The second-order valence-electron chi connectivity index (χ2n) is 8.10. The van der Waals surface area contributed by atoms with Crippen molar-refractivity contribution >= 4 is 40.6 Å². The van der Waals surface area contributed by atoms with E-state index < -0.39 is 0 Å². The summed E-state index contributed by atoms with van der Waals surface area (Å²) in [5, 5.41) is 0.241. The van der Waals surface area contributed by atoms with Gasteiger partial charge in [-0.3, -0.25) is 14.5 Å². The lowest BCUT2D eigenvalue weighted by atomic mass is 9.95. The van der Waals surface area contributed by atoms with Gasteiger partial charge in [-0.1, -0.05) is 43.0 Å². The maximum Gasteiger partial charge on any atom is 0.293 e. The van der Waals surface area contributed by atoms with Gasteiger partial charge in [-0.15, -0.1) is 0 Å². The molecule has 0 bridgehead atoms. The first-order valence-electron chi connectivity index (χ1n) is 10.8. The van der Waals surface area contributed by atoms with Crippen LogP contribution in [-0.2, 0) is 4.79 Å². The van der Waals surface area contributed by atoms with Gasteiger partial charge < -0.3 is 9.30 Å². The van der Waals surface area contributed by atoms with Crippen molar-refractivity contribution in [2.45, 2.75) is 52.0 Å². The number of thioether (sulfide) groups is 1. The summed E-state index contributed by atoms with van der Waals surface area (Å²) < 4.78 is 8.05. The SMILES string of the molecule is Cc1cc(/C=C2\SC(=O)N(CCOc3ccccc3Cl)C2=O)c(C)n1C1CCCCC1. The predicted molar refractivity (Wildman–Crippen MR) is 126 cm³/mol. The van der Waals surface area contributed by atoms with E-state index in [9.17, 15) is 9.59 Å². The minimum atomic E-state index is -0.264. The Labute approximate surface area is 192 Å². The number of nitrogens with zero attached hydrogens (tertiary/aromatic N) is 2. The van der Waals surface area contributed by atoms with Crippen LogP contribution < -0.4 is 4.74 Å². The molecule has 2 amide bonds. The Morgan fingerprint density at radius 3 is 2.65 bits per heavy atom. The quantitative estimate of drug-likeness (QED) is 0.471. The zero-order chi connectivity index (χ0) is 22.0. The number of hydrogen-bond acceptors (Lipinski definition) is 4. The molecule has 7 heteroatoms. The summed E-state index contributed by atoms with van der Waals surface area (Å²) in [6.07, 6.45) is 8.13. The Morgan fingerprint density at radius 2 is 1.90 bits per heavy atom. The van der Waals surface area contributed by atoms with Crippen LogP contribution in [0.15, 0.2) is 35.2 Å². The van der Waals surface area contributed by atoms with Crippen LogP contribution >= 0.6 is 23.4 Å². The molecular weight excluding hydrogens is 432 g/mol. The first kappa shape index (κ1) is 22.0. The number of aryl methyl sites for hydroxylation is 1. The largest absolute Gasteiger partial charge is 0.490 e. The fraction of sp³-hybridized carbons (Fsp3) is 0.417. The van der Waals surface area contributed by atoms with Crippen LogP contribution in [-0.4, -0.2) is 33.8 Å². The molecule has 1 saturated heterocycles. The predicted octanol–water partition coefficient (Wildman–Crippen LogP) is 6.38. The van der Waals surface area contributed by atoms with Gasteiger partial charge in [0, 0.05) is 17.4 Å². The van der Waals surface area contributed by atoms with Gasteiger partial charge >= 0.3 is 0 Å². The molecule has 1 aromatic heterocycles. The molecule has 0 radical (unpaired) electrons. The average Bonchev–Trinajstić information content (AvgIpc) is 3.19. The second kappa shape index (κ2) is 9.53. The van der Waals surface area contributed by atoms with E-state index >= 15 is 0 Å². The van der Waals surface area contributed by atoms with Gasteiger partial charge in [0.2, 0.25) is 0 Å². The number of para-hydroxylation sites is 1. The van der Waals surface area contributed by atoms with Crippen LogP contribution in [0.2, 0.25) is 5.02 Å². The molecule has 4 rings (SSSR count). The van der Waals surface area contributed by atoms with Crippen LogP contribution in [0.4, 0.5) is 4.79 Å². The van der Waals surface area contributed by atoms with E-state index in [0.29, 0.717) is 21.7 Å². The molecule has 0 spiro atoms. The lowest BCUT2D eigenvalue weighted by Crippen LogP contribution is -2.32. The van der Waals surface area contributed by atoms with Crippen molar-refractivity contribution in [1.82, 2.24) is 9.47 Å². The van der Waals surface area contributed by atoms with Gasteiger partial charge in [0.25, 0.3) is 11.1 Å². The normalized spacial score (nSPS) is 18.9. The molecule has 0 unspecified atom stereocenters. The van der Waals surface area contributed by atoms with Crippen molar-refractivity contribution < 1.29 is 14.3 Å². The number of halogens is 1. The third-order valence-electron chi connectivity index (χ3n) is 6.03. The molecule has 1 aliphatic carbocycles. The number of rotatable bonds is 6. The van der Waals surface area contributed by atoms with Gasteiger partial charge in [-0.2, -0.15) is 0 Å². The van der Waals surface area contributed by atoms with E-state index in [4.69, 9.17) is 16.3 Å². The highest BCUT2D eigenvalue weighted by Gasteiger charge is 2.35.